The molecule has 0 aromatic rings. The fourth-order valence-corrected chi connectivity index (χ4v) is 3.98. The molecule has 0 amide bonds. The van der Waals surface area contributed by atoms with E-state index in [0.717, 1.165) is 0 Å². The molecule has 27 heavy (non-hydrogen) atoms. The molecule has 9 nitrogen and oxygen atoms in total. The van der Waals surface area contributed by atoms with Gasteiger partial charge in [-0.1, -0.05) is 0 Å². The molecule has 2 saturated heterocycles. The maximum Gasteiger partial charge on any atom is 0.187 e. The van der Waals surface area contributed by atoms with Gasteiger partial charge in [-0.2, -0.15) is 0 Å². The van der Waals surface area contributed by atoms with E-state index in [1.54, 1.807) is 42.7 Å². The molecule has 2 fully saturated rings. The van der Waals surface area contributed by atoms with Crippen LogP contribution in [-0.2, 0) is 42.6 Å². The first-order chi connectivity index (χ1) is 13.0. The summed E-state index contributed by atoms with van der Waals surface area (Å²) in [6.07, 6.45) is -4.34. The zero-order chi connectivity index (χ0) is 20.1. The summed E-state index contributed by atoms with van der Waals surface area (Å²) in [5.41, 5.74) is 0. The van der Waals surface area contributed by atoms with E-state index >= 15 is 0 Å². The normalized spacial score (nSPS) is 45.8. The van der Waals surface area contributed by atoms with Crippen molar-refractivity contribution >= 4 is 0 Å². The minimum absolute atomic E-state index is 0.223. The Labute approximate surface area is 161 Å². The van der Waals surface area contributed by atoms with Crippen molar-refractivity contribution in [1.29, 1.82) is 0 Å². The summed E-state index contributed by atoms with van der Waals surface area (Å²) >= 11 is 0. The standard InChI is InChI=1S/C18H34O9/c1-9-12(20-4)14(22-6)16(17(24-8)25-9)27-18-15(23-7)13(21-5)11(19-3)10(2)26-18/h9-18H,1-8H3. The molecule has 160 valence electrons. The molecule has 0 N–H and O–H groups in total. The summed E-state index contributed by atoms with van der Waals surface area (Å²) in [5.74, 6) is 0. The molecule has 0 aliphatic carbocycles. The van der Waals surface area contributed by atoms with E-state index in [4.69, 9.17) is 42.6 Å². The predicted molar refractivity (Wildman–Crippen MR) is 94.5 cm³/mol. The fourth-order valence-electron chi connectivity index (χ4n) is 3.98. The third-order valence-electron chi connectivity index (χ3n) is 5.34. The van der Waals surface area contributed by atoms with Gasteiger partial charge in [-0.05, 0) is 13.8 Å². The Kier molecular flexibility index (Phi) is 8.85. The Morgan fingerprint density at radius 2 is 0.852 bits per heavy atom. The van der Waals surface area contributed by atoms with Crippen LogP contribution in [0.5, 0.6) is 0 Å². The van der Waals surface area contributed by atoms with Crippen molar-refractivity contribution in [1.82, 2.24) is 0 Å². The smallest absolute Gasteiger partial charge is 0.187 e. The van der Waals surface area contributed by atoms with Gasteiger partial charge in [-0.15, -0.1) is 0 Å². The molecule has 0 spiro atoms. The molecule has 0 saturated carbocycles. The fraction of sp³-hybridized carbons (Fsp3) is 1.00. The Bertz CT molecular complexity index is 437. The molecule has 10 atom stereocenters. The van der Waals surface area contributed by atoms with Gasteiger partial charge in [0, 0.05) is 42.7 Å². The highest BCUT2D eigenvalue weighted by Crippen LogP contribution is 2.33. The zero-order valence-corrected chi connectivity index (χ0v) is 17.4. The molecule has 10 unspecified atom stereocenters. The third-order valence-corrected chi connectivity index (χ3v) is 5.34. The lowest BCUT2D eigenvalue weighted by atomic mass is 9.97. The highest BCUT2D eigenvalue weighted by atomic mass is 16.8. The lowest BCUT2D eigenvalue weighted by molar-refractivity contribution is -0.366. The molecular formula is C18H34O9. The van der Waals surface area contributed by atoms with Crippen molar-refractivity contribution in [2.45, 2.75) is 75.3 Å². The van der Waals surface area contributed by atoms with Crippen LogP contribution < -0.4 is 0 Å². The predicted octanol–water partition coefficient (Wildman–Crippen LogP) is 0.583. The van der Waals surface area contributed by atoms with Crippen LogP contribution in [0.15, 0.2) is 0 Å². The van der Waals surface area contributed by atoms with Crippen LogP contribution in [0.4, 0.5) is 0 Å². The molecule has 0 radical (unpaired) electrons. The molecule has 2 rings (SSSR count). The summed E-state index contributed by atoms with van der Waals surface area (Å²) in [6, 6.07) is 0. The van der Waals surface area contributed by atoms with Gasteiger partial charge in [0.2, 0.25) is 0 Å². The van der Waals surface area contributed by atoms with E-state index in [2.05, 4.69) is 0 Å². The number of hydrogen-bond acceptors (Lipinski definition) is 9. The van der Waals surface area contributed by atoms with Crippen molar-refractivity contribution < 1.29 is 42.6 Å². The molecule has 2 aliphatic heterocycles. The maximum absolute atomic E-state index is 6.28. The first kappa shape index (κ1) is 22.9. The van der Waals surface area contributed by atoms with Gasteiger partial charge < -0.3 is 42.6 Å². The van der Waals surface area contributed by atoms with Crippen molar-refractivity contribution in [2.24, 2.45) is 0 Å². The molecular weight excluding hydrogens is 360 g/mol. The Balaban J connectivity index is 2.24. The average Bonchev–Trinajstić information content (AvgIpc) is 2.67. The first-order valence-corrected chi connectivity index (χ1v) is 9.10. The summed E-state index contributed by atoms with van der Waals surface area (Å²) in [5, 5.41) is 0. The topological polar surface area (TPSA) is 83.1 Å². The highest BCUT2D eigenvalue weighted by Gasteiger charge is 2.51. The monoisotopic (exact) mass is 394 g/mol. The van der Waals surface area contributed by atoms with E-state index in [1.807, 2.05) is 13.8 Å². The zero-order valence-electron chi connectivity index (χ0n) is 17.4. The quantitative estimate of drug-likeness (QED) is 0.587. The minimum atomic E-state index is -0.726. The molecule has 2 aliphatic rings. The largest absolute Gasteiger partial charge is 0.376 e. The number of hydrogen-bond donors (Lipinski definition) is 0. The summed E-state index contributed by atoms with van der Waals surface area (Å²) in [6.45, 7) is 3.81. The molecule has 0 aromatic heterocycles. The average molecular weight is 394 g/mol. The SMILES string of the molecule is COC1OC(C)C(OC)C(OC)C1OC1OC(C)C(OC)C(OC)C1OC. The van der Waals surface area contributed by atoms with E-state index in [-0.39, 0.29) is 30.5 Å². The van der Waals surface area contributed by atoms with Crippen LogP contribution in [0.3, 0.4) is 0 Å². The van der Waals surface area contributed by atoms with Crippen LogP contribution >= 0.6 is 0 Å². The van der Waals surface area contributed by atoms with Crippen molar-refractivity contribution in [3.63, 3.8) is 0 Å². The van der Waals surface area contributed by atoms with E-state index < -0.39 is 30.9 Å². The van der Waals surface area contributed by atoms with Gasteiger partial charge >= 0.3 is 0 Å². The van der Waals surface area contributed by atoms with Crippen LogP contribution in [-0.4, -0.2) is 104 Å². The van der Waals surface area contributed by atoms with Crippen LogP contribution in [0.2, 0.25) is 0 Å². The van der Waals surface area contributed by atoms with Gasteiger partial charge in [0.25, 0.3) is 0 Å². The van der Waals surface area contributed by atoms with Crippen molar-refractivity contribution in [3.05, 3.63) is 0 Å². The second-order valence-electron chi connectivity index (χ2n) is 6.76. The van der Waals surface area contributed by atoms with E-state index in [0.29, 0.717) is 0 Å². The second kappa shape index (κ2) is 10.4. The Hall–Kier alpha value is -0.360. The van der Waals surface area contributed by atoms with Crippen molar-refractivity contribution in [2.75, 3.05) is 42.7 Å². The van der Waals surface area contributed by atoms with Crippen molar-refractivity contribution in [3.8, 4) is 0 Å². The molecule has 2 heterocycles. The second-order valence-corrected chi connectivity index (χ2v) is 6.76. The number of ether oxygens (including phenoxy) is 9. The van der Waals surface area contributed by atoms with Crippen LogP contribution in [0.25, 0.3) is 0 Å². The summed E-state index contributed by atoms with van der Waals surface area (Å²) < 4.78 is 51.8. The summed E-state index contributed by atoms with van der Waals surface area (Å²) in [4.78, 5) is 0. The lowest BCUT2D eigenvalue weighted by Crippen LogP contribution is -2.64. The third kappa shape index (κ3) is 4.63. The Morgan fingerprint density at radius 3 is 1.26 bits per heavy atom. The highest BCUT2D eigenvalue weighted by molar-refractivity contribution is 4.94. The lowest BCUT2D eigenvalue weighted by Gasteiger charge is -2.48. The molecule has 0 bridgehead atoms. The van der Waals surface area contributed by atoms with Crippen LogP contribution in [0, 0.1) is 0 Å². The van der Waals surface area contributed by atoms with Gasteiger partial charge in [-0.25, -0.2) is 0 Å². The Morgan fingerprint density at radius 1 is 0.444 bits per heavy atom. The number of rotatable bonds is 8. The van der Waals surface area contributed by atoms with Gasteiger partial charge in [0.1, 0.15) is 36.6 Å². The van der Waals surface area contributed by atoms with Gasteiger partial charge in [0.05, 0.1) is 12.2 Å². The minimum Gasteiger partial charge on any atom is -0.376 e. The maximum atomic E-state index is 6.28. The summed E-state index contributed by atoms with van der Waals surface area (Å²) in [7, 11) is 9.59. The van der Waals surface area contributed by atoms with Gasteiger partial charge in [-0.3, -0.25) is 0 Å². The van der Waals surface area contributed by atoms with Gasteiger partial charge in [0.15, 0.2) is 12.6 Å². The molecule has 9 heteroatoms. The van der Waals surface area contributed by atoms with Crippen LogP contribution in [0.1, 0.15) is 13.8 Å². The molecule has 0 aromatic carbocycles. The van der Waals surface area contributed by atoms with E-state index in [1.165, 1.54) is 0 Å². The van der Waals surface area contributed by atoms with E-state index in [9.17, 15) is 0 Å². The number of methoxy groups -OCH3 is 6. The first-order valence-electron chi connectivity index (χ1n) is 9.10.